The lowest BCUT2D eigenvalue weighted by Crippen LogP contribution is -2.30. The van der Waals surface area contributed by atoms with Crippen LogP contribution >= 0.6 is 35.4 Å². The second kappa shape index (κ2) is 6.19. The lowest BCUT2D eigenvalue weighted by Gasteiger charge is -2.17. The molecule has 0 spiro atoms. The lowest BCUT2D eigenvalue weighted by molar-refractivity contribution is 0.0799. The number of nitrogens with zero attached hydrogens (tertiary/aromatic N) is 1. The van der Waals surface area contributed by atoms with Gasteiger partial charge in [0.2, 0.25) is 0 Å². The Bertz CT molecular complexity index is 451. The van der Waals surface area contributed by atoms with Crippen molar-refractivity contribution in [2.24, 2.45) is 5.73 Å². The summed E-state index contributed by atoms with van der Waals surface area (Å²) in [6.45, 7) is 0.481. The van der Waals surface area contributed by atoms with E-state index in [0.717, 1.165) is 0 Å². The molecule has 0 aromatic heterocycles. The molecule has 0 fully saturated rings. The third kappa shape index (κ3) is 4.15. The average molecular weight is 291 g/mol. The van der Waals surface area contributed by atoms with Crippen LogP contribution in [-0.4, -0.2) is 29.4 Å². The van der Waals surface area contributed by atoms with Gasteiger partial charge in [-0.1, -0.05) is 35.4 Å². The van der Waals surface area contributed by atoms with E-state index in [1.54, 1.807) is 30.1 Å². The molecular formula is C11H12Cl2N2OS. The zero-order valence-corrected chi connectivity index (χ0v) is 11.6. The van der Waals surface area contributed by atoms with Gasteiger partial charge in [0.15, 0.2) is 0 Å². The molecular weight excluding hydrogens is 279 g/mol. The molecule has 0 saturated carbocycles. The molecule has 0 aliphatic carbocycles. The number of carbonyl (C=O) groups excluding carboxylic acids is 1. The number of hydrogen-bond acceptors (Lipinski definition) is 2. The maximum absolute atomic E-state index is 12.0. The van der Waals surface area contributed by atoms with Crippen LogP contribution in [0.2, 0.25) is 10.0 Å². The molecule has 2 N–H and O–H groups in total. The van der Waals surface area contributed by atoms with E-state index in [1.807, 2.05) is 0 Å². The van der Waals surface area contributed by atoms with E-state index in [4.69, 9.17) is 41.2 Å². The Hall–Kier alpha value is -0.840. The van der Waals surface area contributed by atoms with Gasteiger partial charge in [0, 0.05) is 25.6 Å². The van der Waals surface area contributed by atoms with Gasteiger partial charge in [0.1, 0.15) is 0 Å². The molecule has 0 radical (unpaired) electrons. The van der Waals surface area contributed by atoms with Gasteiger partial charge in [0.25, 0.3) is 5.91 Å². The predicted octanol–water partition coefficient (Wildman–Crippen LogP) is 2.74. The molecule has 0 aliphatic heterocycles. The van der Waals surface area contributed by atoms with Crippen LogP contribution in [0.4, 0.5) is 0 Å². The van der Waals surface area contributed by atoms with Crippen molar-refractivity contribution in [2.45, 2.75) is 6.42 Å². The van der Waals surface area contributed by atoms with Crippen LogP contribution in [0.15, 0.2) is 18.2 Å². The Kier molecular flexibility index (Phi) is 5.18. The standard InChI is InChI=1S/C11H12Cl2N2OS/c1-15(5-4-10(14)17)11(16)7-2-3-8(12)9(13)6-7/h2-3,6H,4-5H2,1H3,(H2,14,17). The van der Waals surface area contributed by atoms with Gasteiger partial charge in [-0.25, -0.2) is 0 Å². The Morgan fingerprint density at radius 2 is 2.06 bits per heavy atom. The number of carbonyl (C=O) groups is 1. The zero-order chi connectivity index (χ0) is 13.0. The minimum absolute atomic E-state index is 0.139. The van der Waals surface area contributed by atoms with Crippen molar-refractivity contribution in [1.82, 2.24) is 4.90 Å². The van der Waals surface area contributed by atoms with E-state index in [2.05, 4.69) is 0 Å². The van der Waals surface area contributed by atoms with Crippen LogP contribution in [0.5, 0.6) is 0 Å². The van der Waals surface area contributed by atoms with Crippen molar-refractivity contribution in [3.8, 4) is 0 Å². The summed E-state index contributed by atoms with van der Waals surface area (Å²) >= 11 is 16.4. The Balaban J connectivity index is 2.74. The Morgan fingerprint density at radius 3 is 2.59 bits per heavy atom. The summed E-state index contributed by atoms with van der Waals surface area (Å²) in [6.07, 6.45) is 0.499. The highest BCUT2D eigenvalue weighted by Crippen LogP contribution is 2.23. The Labute approximate surface area is 115 Å². The smallest absolute Gasteiger partial charge is 0.253 e. The summed E-state index contributed by atoms with van der Waals surface area (Å²) < 4.78 is 0. The van der Waals surface area contributed by atoms with Crippen LogP contribution in [0.25, 0.3) is 0 Å². The van der Waals surface area contributed by atoms with E-state index in [-0.39, 0.29) is 5.91 Å². The number of hydrogen-bond donors (Lipinski definition) is 1. The Morgan fingerprint density at radius 1 is 1.41 bits per heavy atom. The van der Waals surface area contributed by atoms with Gasteiger partial charge in [-0.3, -0.25) is 4.79 Å². The normalized spacial score (nSPS) is 10.1. The first-order valence-corrected chi connectivity index (χ1v) is 6.07. The van der Waals surface area contributed by atoms with Crippen LogP contribution in [-0.2, 0) is 0 Å². The van der Waals surface area contributed by atoms with E-state index in [9.17, 15) is 4.79 Å². The van der Waals surface area contributed by atoms with Gasteiger partial charge in [-0.15, -0.1) is 0 Å². The predicted molar refractivity (Wildman–Crippen MR) is 74.8 cm³/mol. The SMILES string of the molecule is CN(CCC(N)=S)C(=O)c1ccc(Cl)c(Cl)c1. The molecule has 1 aromatic rings. The van der Waals surface area contributed by atoms with Crippen molar-refractivity contribution in [3.63, 3.8) is 0 Å². The van der Waals surface area contributed by atoms with Crippen LogP contribution in [0.1, 0.15) is 16.8 Å². The fourth-order valence-corrected chi connectivity index (χ4v) is 1.62. The number of amides is 1. The highest BCUT2D eigenvalue weighted by molar-refractivity contribution is 7.80. The first-order valence-electron chi connectivity index (χ1n) is 4.90. The quantitative estimate of drug-likeness (QED) is 0.868. The molecule has 92 valence electrons. The molecule has 1 amide bonds. The summed E-state index contributed by atoms with van der Waals surface area (Å²) in [5.41, 5.74) is 5.87. The third-order valence-electron chi connectivity index (χ3n) is 2.21. The van der Waals surface area contributed by atoms with Crippen LogP contribution < -0.4 is 5.73 Å². The van der Waals surface area contributed by atoms with Crippen LogP contribution in [0.3, 0.4) is 0 Å². The molecule has 0 unspecified atom stereocenters. The second-order valence-corrected chi connectivity index (χ2v) is 4.91. The molecule has 3 nitrogen and oxygen atoms in total. The number of nitrogens with two attached hydrogens (primary N) is 1. The molecule has 0 heterocycles. The second-order valence-electron chi connectivity index (χ2n) is 3.57. The number of rotatable bonds is 4. The van der Waals surface area contributed by atoms with E-state index in [1.165, 1.54) is 0 Å². The van der Waals surface area contributed by atoms with Gasteiger partial charge in [-0.05, 0) is 18.2 Å². The summed E-state index contributed by atoms with van der Waals surface area (Å²) in [4.78, 5) is 13.9. The number of thiocarbonyl (C=S) groups is 1. The summed E-state index contributed by atoms with van der Waals surface area (Å²) in [6, 6.07) is 4.77. The van der Waals surface area contributed by atoms with Crippen molar-refractivity contribution in [2.75, 3.05) is 13.6 Å². The van der Waals surface area contributed by atoms with Crippen molar-refractivity contribution < 1.29 is 4.79 Å². The molecule has 0 bridgehead atoms. The molecule has 1 aromatic carbocycles. The number of benzene rings is 1. The first-order chi connectivity index (χ1) is 7.91. The molecule has 0 aliphatic rings. The van der Waals surface area contributed by atoms with Crippen molar-refractivity contribution >= 4 is 46.3 Å². The van der Waals surface area contributed by atoms with E-state index >= 15 is 0 Å². The van der Waals surface area contributed by atoms with Crippen molar-refractivity contribution in [3.05, 3.63) is 33.8 Å². The number of halogens is 2. The summed E-state index contributed by atoms with van der Waals surface area (Å²) in [7, 11) is 1.68. The van der Waals surface area contributed by atoms with Crippen LogP contribution in [0, 0.1) is 0 Å². The molecule has 6 heteroatoms. The highest BCUT2D eigenvalue weighted by atomic mass is 35.5. The molecule has 0 saturated heterocycles. The zero-order valence-electron chi connectivity index (χ0n) is 9.24. The minimum atomic E-state index is -0.139. The largest absolute Gasteiger partial charge is 0.393 e. The highest BCUT2D eigenvalue weighted by Gasteiger charge is 2.12. The van der Waals surface area contributed by atoms with E-state index < -0.39 is 0 Å². The maximum atomic E-state index is 12.0. The summed E-state index contributed by atoms with van der Waals surface area (Å²) in [5.74, 6) is -0.139. The minimum Gasteiger partial charge on any atom is -0.393 e. The van der Waals surface area contributed by atoms with E-state index in [0.29, 0.717) is 33.6 Å². The van der Waals surface area contributed by atoms with Gasteiger partial charge in [0.05, 0.1) is 15.0 Å². The fraction of sp³-hybridized carbons (Fsp3) is 0.273. The van der Waals surface area contributed by atoms with Crippen molar-refractivity contribution in [1.29, 1.82) is 0 Å². The van der Waals surface area contributed by atoms with Gasteiger partial charge < -0.3 is 10.6 Å². The fourth-order valence-electron chi connectivity index (χ4n) is 1.23. The third-order valence-corrected chi connectivity index (χ3v) is 3.15. The molecule has 0 atom stereocenters. The maximum Gasteiger partial charge on any atom is 0.253 e. The first kappa shape index (κ1) is 14.2. The van der Waals surface area contributed by atoms with Gasteiger partial charge >= 0.3 is 0 Å². The summed E-state index contributed by atoms with van der Waals surface area (Å²) in [5, 5.41) is 0.786. The topological polar surface area (TPSA) is 46.3 Å². The lowest BCUT2D eigenvalue weighted by atomic mass is 10.2. The average Bonchev–Trinajstić information content (AvgIpc) is 2.28. The monoisotopic (exact) mass is 290 g/mol. The van der Waals surface area contributed by atoms with Gasteiger partial charge in [-0.2, -0.15) is 0 Å². The molecule has 17 heavy (non-hydrogen) atoms. The molecule has 1 rings (SSSR count).